The lowest BCUT2D eigenvalue weighted by atomic mass is 10.2. The molecule has 3 N–H and O–H groups in total. The van der Waals surface area contributed by atoms with Gasteiger partial charge in [0.05, 0.1) is 13.0 Å². The SMILES string of the molecule is NC(=NCCC(=O)O)N1CCCCCC1. The molecule has 0 atom stereocenters. The maximum Gasteiger partial charge on any atom is 0.305 e. The molecule has 0 aromatic rings. The summed E-state index contributed by atoms with van der Waals surface area (Å²) in [6, 6.07) is 0. The van der Waals surface area contributed by atoms with Gasteiger partial charge in [-0.3, -0.25) is 9.79 Å². The first-order chi connectivity index (χ1) is 7.20. The molecule has 86 valence electrons. The highest BCUT2D eigenvalue weighted by atomic mass is 16.4. The van der Waals surface area contributed by atoms with Gasteiger partial charge in [-0.15, -0.1) is 0 Å². The average Bonchev–Trinajstić information content (AvgIpc) is 2.44. The maximum absolute atomic E-state index is 10.3. The molecule has 1 aliphatic rings. The van der Waals surface area contributed by atoms with Gasteiger partial charge >= 0.3 is 5.97 Å². The van der Waals surface area contributed by atoms with Crippen molar-refractivity contribution in [1.29, 1.82) is 0 Å². The summed E-state index contributed by atoms with van der Waals surface area (Å²) in [5.74, 6) is -0.333. The predicted octanol–water partition coefficient (Wildman–Crippen LogP) is 0.652. The number of rotatable bonds is 3. The lowest BCUT2D eigenvalue weighted by molar-refractivity contribution is -0.136. The number of hydrogen-bond donors (Lipinski definition) is 2. The zero-order chi connectivity index (χ0) is 11.1. The van der Waals surface area contributed by atoms with Crippen LogP contribution in [0.25, 0.3) is 0 Å². The van der Waals surface area contributed by atoms with E-state index in [1.807, 2.05) is 0 Å². The van der Waals surface area contributed by atoms with Crippen LogP contribution in [-0.4, -0.2) is 41.6 Å². The van der Waals surface area contributed by atoms with Crippen molar-refractivity contribution in [2.45, 2.75) is 32.1 Å². The summed E-state index contributed by atoms with van der Waals surface area (Å²) in [5, 5.41) is 8.46. The number of likely N-dealkylation sites (tertiary alicyclic amines) is 1. The normalized spacial score (nSPS) is 18.7. The smallest absolute Gasteiger partial charge is 0.305 e. The fourth-order valence-corrected chi connectivity index (χ4v) is 1.67. The van der Waals surface area contributed by atoms with Crippen LogP contribution in [-0.2, 0) is 4.79 Å². The van der Waals surface area contributed by atoms with E-state index in [2.05, 4.69) is 9.89 Å². The van der Waals surface area contributed by atoms with E-state index in [0.717, 1.165) is 25.9 Å². The number of hydrogen-bond acceptors (Lipinski definition) is 2. The quantitative estimate of drug-likeness (QED) is 0.533. The Labute approximate surface area is 90.0 Å². The van der Waals surface area contributed by atoms with Gasteiger partial charge in [-0.2, -0.15) is 0 Å². The molecular weight excluding hydrogens is 194 g/mol. The van der Waals surface area contributed by atoms with Gasteiger partial charge in [0.15, 0.2) is 5.96 Å². The topological polar surface area (TPSA) is 78.9 Å². The van der Waals surface area contributed by atoms with E-state index in [1.54, 1.807) is 0 Å². The van der Waals surface area contributed by atoms with Gasteiger partial charge < -0.3 is 15.7 Å². The lowest BCUT2D eigenvalue weighted by Crippen LogP contribution is -2.38. The number of aliphatic carboxylic acids is 1. The van der Waals surface area contributed by atoms with Crippen molar-refractivity contribution >= 4 is 11.9 Å². The molecule has 1 saturated heterocycles. The fraction of sp³-hybridized carbons (Fsp3) is 0.800. The van der Waals surface area contributed by atoms with E-state index in [4.69, 9.17) is 10.8 Å². The lowest BCUT2D eigenvalue weighted by Gasteiger charge is -2.20. The molecule has 0 spiro atoms. The first-order valence-electron chi connectivity index (χ1n) is 5.47. The maximum atomic E-state index is 10.3. The number of nitrogens with two attached hydrogens (primary N) is 1. The minimum Gasteiger partial charge on any atom is -0.481 e. The Hall–Kier alpha value is -1.26. The molecule has 0 aromatic carbocycles. The van der Waals surface area contributed by atoms with Crippen molar-refractivity contribution in [2.24, 2.45) is 10.7 Å². The molecule has 15 heavy (non-hydrogen) atoms. The summed E-state index contributed by atoms with van der Waals surface area (Å²) in [5.41, 5.74) is 5.79. The number of carboxylic acids is 1. The van der Waals surface area contributed by atoms with Gasteiger partial charge in [0.25, 0.3) is 0 Å². The summed E-state index contributed by atoms with van der Waals surface area (Å²) in [6.07, 6.45) is 4.84. The summed E-state index contributed by atoms with van der Waals surface area (Å²) in [7, 11) is 0. The molecule has 0 bridgehead atoms. The Morgan fingerprint density at radius 2 is 1.87 bits per heavy atom. The third-order valence-corrected chi connectivity index (χ3v) is 2.53. The molecule has 0 radical (unpaired) electrons. The number of nitrogens with zero attached hydrogens (tertiary/aromatic N) is 2. The molecule has 1 heterocycles. The molecule has 1 rings (SSSR count). The Morgan fingerprint density at radius 3 is 2.40 bits per heavy atom. The average molecular weight is 213 g/mol. The van der Waals surface area contributed by atoms with Crippen LogP contribution in [0.2, 0.25) is 0 Å². The van der Waals surface area contributed by atoms with Gasteiger partial charge in [-0.1, -0.05) is 12.8 Å². The van der Waals surface area contributed by atoms with Gasteiger partial charge in [-0.05, 0) is 12.8 Å². The van der Waals surface area contributed by atoms with Crippen LogP contribution < -0.4 is 5.73 Å². The standard InChI is InChI=1S/C10H19N3O2/c11-10(12-6-5-9(14)15)13-7-3-1-2-4-8-13/h1-8H2,(H2,11,12)(H,14,15). The second-order valence-corrected chi connectivity index (χ2v) is 3.78. The number of guanidine groups is 1. The molecule has 1 aliphatic heterocycles. The minimum atomic E-state index is -0.831. The van der Waals surface area contributed by atoms with Crippen LogP contribution in [0.1, 0.15) is 32.1 Å². The number of aliphatic imine (C=N–C) groups is 1. The van der Waals surface area contributed by atoms with Crippen molar-refractivity contribution in [1.82, 2.24) is 4.90 Å². The highest BCUT2D eigenvalue weighted by Crippen LogP contribution is 2.08. The third-order valence-electron chi connectivity index (χ3n) is 2.53. The fourth-order valence-electron chi connectivity index (χ4n) is 1.67. The van der Waals surface area contributed by atoms with Gasteiger partial charge in [0, 0.05) is 13.1 Å². The van der Waals surface area contributed by atoms with Crippen LogP contribution in [0.4, 0.5) is 0 Å². The van der Waals surface area contributed by atoms with Crippen molar-refractivity contribution in [3.8, 4) is 0 Å². The van der Waals surface area contributed by atoms with Crippen molar-refractivity contribution in [3.05, 3.63) is 0 Å². The van der Waals surface area contributed by atoms with E-state index in [9.17, 15) is 4.79 Å². The van der Waals surface area contributed by atoms with Crippen molar-refractivity contribution in [2.75, 3.05) is 19.6 Å². The van der Waals surface area contributed by atoms with E-state index in [0.29, 0.717) is 5.96 Å². The predicted molar refractivity (Wildman–Crippen MR) is 58.8 cm³/mol. The zero-order valence-corrected chi connectivity index (χ0v) is 8.98. The minimum absolute atomic E-state index is 0.0501. The Bertz CT molecular complexity index is 233. The first-order valence-corrected chi connectivity index (χ1v) is 5.47. The van der Waals surface area contributed by atoms with Gasteiger partial charge in [-0.25, -0.2) is 0 Å². The van der Waals surface area contributed by atoms with E-state index in [-0.39, 0.29) is 13.0 Å². The Kier molecular flexibility index (Phi) is 4.93. The van der Waals surface area contributed by atoms with E-state index >= 15 is 0 Å². The summed E-state index contributed by atoms with van der Waals surface area (Å²) in [6.45, 7) is 2.17. The van der Waals surface area contributed by atoms with Crippen molar-refractivity contribution in [3.63, 3.8) is 0 Å². The summed E-state index contributed by atoms with van der Waals surface area (Å²) < 4.78 is 0. The second-order valence-electron chi connectivity index (χ2n) is 3.78. The van der Waals surface area contributed by atoms with Crippen LogP contribution in [0, 0.1) is 0 Å². The van der Waals surface area contributed by atoms with Crippen LogP contribution >= 0.6 is 0 Å². The third kappa shape index (κ3) is 4.67. The summed E-state index contributed by atoms with van der Waals surface area (Å²) in [4.78, 5) is 16.4. The second kappa shape index (κ2) is 6.27. The van der Waals surface area contributed by atoms with Gasteiger partial charge in [0.2, 0.25) is 0 Å². The van der Waals surface area contributed by atoms with E-state index < -0.39 is 5.97 Å². The zero-order valence-electron chi connectivity index (χ0n) is 8.98. The summed E-state index contributed by atoms with van der Waals surface area (Å²) >= 11 is 0. The van der Waals surface area contributed by atoms with Crippen LogP contribution in [0.15, 0.2) is 4.99 Å². The molecular formula is C10H19N3O2. The molecule has 0 amide bonds. The number of carbonyl (C=O) groups is 1. The van der Waals surface area contributed by atoms with Gasteiger partial charge in [0.1, 0.15) is 0 Å². The van der Waals surface area contributed by atoms with Crippen LogP contribution in [0.5, 0.6) is 0 Å². The molecule has 0 aromatic heterocycles. The molecule has 0 saturated carbocycles. The molecule has 1 fully saturated rings. The first kappa shape index (κ1) is 11.8. The van der Waals surface area contributed by atoms with Crippen LogP contribution in [0.3, 0.4) is 0 Å². The van der Waals surface area contributed by atoms with Crippen molar-refractivity contribution < 1.29 is 9.90 Å². The monoisotopic (exact) mass is 213 g/mol. The Morgan fingerprint density at radius 1 is 1.27 bits per heavy atom. The highest BCUT2D eigenvalue weighted by molar-refractivity contribution is 5.78. The largest absolute Gasteiger partial charge is 0.481 e. The Balaban J connectivity index is 2.35. The number of carboxylic acid groups (broad SMARTS) is 1. The molecule has 0 aliphatic carbocycles. The highest BCUT2D eigenvalue weighted by Gasteiger charge is 2.10. The molecule has 5 nitrogen and oxygen atoms in total. The molecule has 5 heteroatoms. The molecule has 0 unspecified atom stereocenters. The van der Waals surface area contributed by atoms with E-state index in [1.165, 1.54) is 12.8 Å².